The van der Waals surface area contributed by atoms with Gasteiger partial charge in [-0.1, -0.05) is 0 Å². The number of halogens is 3. The van der Waals surface area contributed by atoms with Gasteiger partial charge < -0.3 is 0 Å². The quantitative estimate of drug-likeness (QED) is 0.709. The highest BCUT2D eigenvalue weighted by Gasteiger charge is 2.07. The van der Waals surface area contributed by atoms with Crippen molar-refractivity contribution in [2.75, 3.05) is 0 Å². The lowest BCUT2D eigenvalue weighted by molar-refractivity contribution is 0.620. The van der Waals surface area contributed by atoms with Gasteiger partial charge in [-0.25, -0.2) is 4.39 Å². The second kappa shape index (κ2) is 3.59. The molecular formula is C10H6Br2FN. The zero-order valence-electron chi connectivity index (χ0n) is 7.31. The lowest BCUT2D eigenvalue weighted by Crippen LogP contribution is -1.87. The molecule has 72 valence electrons. The largest absolute Gasteiger partial charge is 0.255 e. The van der Waals surface area contributed by atoms with E-state index in [2.05, 4.69) is 36.8 Å². The van der Waals surface area contributed by atoms with Crippen molar-refractivity contribution < 1.29 is 4.39 Å². The summed E-state index contributed by atoms with van der Waals surface area (Å²) < 4.78 is 15.0. The molecule has 14 heavy (non-hydrogen) atoms. The first-order chi connectivity index (χ1) is 6.59. The van der Waals surface area contributed by atoms with Crippen molar-refractivity contribution in [3.8, 4) is 0 Å². The van der Waals surface area contributed by atoms with Gasteiger partial charge in [-0.15, -0.1) is 0 Å². The third-order valence-electron chi connectivity index (χ3n) is 2.04. The molecule has 0 radical (unpaired) electrons. The van der Waals surface area contributed by atoms with Crippen LogP contribution in [-0.2, 0) is 0 Å². The topological polar surface area (TPSA) is 12.9 Å². The summed E-state index contributed by atoms with van der Waals surface area (Å²) in [5.74, 6) is -0.223. The highest BCUT2D eigenvalue weighted by molar-refractivity contribution is 9.13. The lowest BCUT2D eigenvalue weighted by atomic mass is 10.1. The predicted molar refractivity (Wildman–Crippen MR) is 61.8 cm³/mol. The average Bonchev–Trinajstić information content (AvgIpc) is 2.15. The standard InChI is InChI=1S/C10H6Br2FN/c1-5-2-6-9(3-8(5)13)14-4-7(11)10(6)12/h2-4H,1H3. The second-order valence-corrected chi connectivity index (χ2v) is 4.69. The van der Waals surface area contributed by atoms with Crippen LogP contribution in [-0.4, -0.2) is 4.98 Å². The molecule has 2 aromatic rings. The van der Waals surface area contributed by atoms with Crippen LogP contribution < -0.4 is 0 Å². The molecule has 0 aliphatic heterocycles. The van der Waals surface area contributed by atoms with E-state index in [0.29, 0.717) is 11.1 Å². The van der Waals surface area contributed by atoms with Crippen LogP contribution in [0.1, 0.15) is 5.56 Å². The fraction of sp³-hybridized carbons (Fsp3) is 0.100. The van der Waals surface area contributed by atoms with Crippen molar-refractivity contribution in [3.63, 3.8) is 0 Å². The summed E-state index contributed by atoms with van der Waals surface area (Å²) in [6, 6.07) is 3.23. The van der Waals surface area contributed by atoms with Crippen LogP contribution in [0.25, 0.3) is 10.9 Å². The van der Waals surface area contributed by atoms with E-state index < -0.39 is 0 Å². The highest BCUT2D eigenvalue weighted by Crippen LogP contribution is 2.30. The van der Waals surface area contributed by atoms with Crippen molar-refractivity contribution in [2.45, 2.75) is 6.92 Å². The van der Waals surface area contributed by atoms with Crippen LogP contribution in [0.15, 0.2) is 27.3 Å². The number of rotatable bonds is 0. The molecule has 0 aliphatic carbocycles. The van der Waals surface area contributed by atoms with Crippen LogP contribution in [0, 0.1) is 12.7 Å². The second-order valence-electron chi connectivity index (χ2n) is 3.04. The van der Waals surface area contributed by atoms with Gasteiger partial charge in [0.05, 0.1) is 9.99 Å². The third-order valence-corrected chi connectivity index (χ3v) is 4.03. The summed E-state index contributed by atoms with van der Waals surface area (Å²) in [6.07, 6.45) is 1.65. The van der Waals surface area contributed by atoms with Gasteiger partial charge in [-0.3, -0.25) is 4.98 Å². The molecule has 1 aromatic carbocycles. The maximum atomic E-state index is 13.2. The van der Waals surface area contributed by atoms with E-state index in [4.69, 9.17) is 0 Å². The summed E-state index contributed by atoms with van der Waals surface area (Å²) in [4.78, 5) is 4.13. The predicted octanol–water partition coefficient (Wildman–Crippen LogP) is 4.21. The van der Waals surface area contributed by atoms with Crippen molar-refractivity contribution in [3.05, 3.63) is 38.7 Å². The van der Waals surface area contributed by atoms with Gasteiger partial charge in [0, 0.05) is 22.1 Å². The van der Waals surface area contributed by atoms with Crippen LogP contribution in [0.4, 0.5) is 4.39 Å². The van der Waals surface area contributed by atoms with Crippen LogP contribution in [0.2, 0.25) is 0 Å². The Kier molecular flexibility index (Phi) is 2.58. The van der Waals surface area contributed by atoms with Crippen molar-refractivity contribution in [2.24, 2.45) is 0 Å². The number of fused-ring (bicyclic) bond motifs is 1. The van der Waals surface area contributed by atoms with Gasteiger partial charge in [0.2, 0.25) is 0 Å². The van der Waals surface area contributed by atoms with Gasteiger partial charge in [-0.05, 0) is 50.4 Å². The Labute approximate surface area is 97.6 Å². The Balaban J connectivity index is 2.89. The first-order valence-corrected chi connectivity index (χ1v) is 5.58. The summed E-state index contributed by atoms with van der Waals surface area (Å²) >= 11 is 6.79. The Morgan fingerprint density at radius 2 is 2.00 bits per heavy atom. The minimum atomic E-state index is -0.223. The molecule has 1 heterocycles. The number of benzene rings is 1. The molecule has 1 nitrogen and oxygen atoms in total. The molecule has 1 aromatic heterocycles. The number of aromatic nitrogens is 1. The Hall–Kier alpha value is -0.480. The highest BCUT2D eigenvalue weighted by atomic mass is 79.9. The number of hydrogen-bond acceptors (Lipinski definition) is 1. The summed E-state index contributed by atoms with van der Waals surface area (Å²) in [5.41, 5.74) is 1.28. The van der Waals surface area contributed by atoms with E-state index in [1.165, 1.54) is 6.07 Å². The molecule has 2 rings (SSSR count). The Morgan fingerprint density at radius 3 is 2.71 bits per heavy atom. The van der Waals surface area contributed by atoms with Gasteiger partial charge >= 0.3 is 0 Å². The van der Waals surface area contributed by atoms with E-state index in [0.717, 1.165) is 14.3 Å². The van der Waals surface area contributed by atoms with E-state index in [1.807, 2.05) is 0 Å². The SMILES string of the molecule is Cc1cc2c(Br)c(Br)cnc2cc1F. The first kappa shape index (κ1) is 10.1. The smallest absolute Gasteiger partial charge is 0.128 e. The molecule has 0 saturated carbocycles. The molecule has 0 saturated heterocycles. The minimum absolute atomic E-state index is 0.223. The Bertz CT molecular complexity index is 511. The number of hydrogen-bond donors (Lipinski definition) is 0. The normalized spacial score (nSPS) is 10.9. The van der Waals surface area contributed by atoms with Gasteiger partial charge in [-0.2, -0.15) is 0 Å². The zero-order chi connectivity index (χ0) is 10.3. The van der Waals surface area contributed by atoms with Crippen LogP contribution in [0.5, 0.6) is 0 Å². The summed E-state index contributed by atoms with van der Waals surface area (Å²) in [5, 5.41) is 0.915. The van der Waals surface area contributed by atoms with Crippen molar-refractivity contribution >= 4 is 42.8 Å². The molecule has 0 fully saturated rings. The lowest BCUT2D eigenvalue weighted by Gasteiger charge is -2.04. The summed E-state index contributed by atoms with van der Waals surface area (Å²) in [7, 11) is 0. The molecule has 0 unspecified atom stereocenters. The molecule has 0 N–H and O–H groups in total. The fourth-order valence-electron chi connectivity index (χ4n) is 1.27. The van der Waals surface area contributed by atoms with Crippen LogP contribution >= 0.6 is 31.9 Å². The van der Waals surface area contributed by atoms with Crippen LogP contribution in [0.3, 0.4) is 0 Å². The zero-order valence-corrected chi connectivity index (χ0v) is 10.5. The maximum absolute atomic E-state index is 13.2. The minimum Gasteiger partial charge on any atom is -0.255 e. The Morgan fingerprint density at radius 1 is 1.29 bits per heavy atom. The summed E-state index contributed by atoms with van der Waals surface area (Å²) in [6.45, 7) is 1.74. The molecular weight excluding hydrogens is 313 g/mol. The van der Waals surface area contributed by atoms with Gasteiger partial charge in [0.1, 0.15) is 5.82 Å². The molecule has 0 atom stereocenters. The number of aryl methyl sites for hydroxylation is 1. The monoisotopic (exact) mass is 317 g/mol. The fourth-order valence-corrected chi connectivity index (χ4v) is 2.00. The number of pyridine rings is 1. The first-order valence-electron chi connectivity index (χ1n) is 3.99. The molecule has 0 amide bonds. The molecule has 4 heteroatoms. The van der Waals surface area contributed by atoms with Gasteiger partial charge in [0.25, 0.3) is 0 Å². The van der Waals surface area contributed by atoms with Crippen molar-refractivity contribution in [1.82, 2.24) is 4.98 Å². The van der Waals surface area contributed by atoms with E-state index in [-0.39, 0.29) is 5.82 Å². The average molecular weight is 319 g/mol. The molecule has 0 aliphatic rings. The molecule has 0 spiro atoms. The van der Waals surface area contributed by atoms with E-state index in [1.54, 1.807) is 19.2 Å². The molecule has 0 bridgehead atoms. The maximum Gasteiger partial charge on any atom is 0.128 e. The van der Waals surface area contributed by atoms with E-state index in [9.17, 15) is 4.39 Å². The van der Waals surface area contributed by atoms with Crippen molar-refractivity contribution in [1.29, 1.82) is 0 Å². The van der Waals surface area contributed by atoms with Gasteiger partial charge in [0.15, 0.2) is 0 Å². The number of nitrogens with zero attached hydrogens (tertiary/aromatic N) is 1. The third kappa shape index (κ3) is 1.57. The van der Waals surface area contributed by atoms with E-state index >= 15 is 0 Å².